The molecule has 0 spiro atoms. The molecule has 8 heteroatoms. The number of rotatable bonds is 6. The second kappa shape index (κ2) is 7.34. The minimum Gasteiger partial charge on any atom is -0.428 e. The molecule has 1 aromatic heterocycles. The van der Waals surface area contributed by atoms with Crippen molar-refractivity contribution in [3.05, 3.63) is 58.6 Å². The van der Waals surface area contributed by atoms with Gasteiger partial charge < -0.3 is 4.74 Å². The molecule has 0 saturated heterocycles. The van der Waals surface area contributed by atoms with Gasteiger partial charge in [-0.1, -0.05) is 18.5 Å². The van der Waals surface area contributed by atoms with Gasteiger partial charge in [0.25, 0.3) is 0 Å². The second-order valence-electron chi connectivity index (χ2n) is 5.05. The highest BCUT2D eigenvalue weighted by atomic mass is 35.5. The van der Waals surface area contributed by atoms with E-state index in [1.165, 1.54) is 6.20 Å². The van der Waals surface area contributed by atoms with Gasteiger partial charge in [0.2, 0.25) is 0 Å². The van der Waals surface area contributed by atoms with Crippen molar-refractivity contribution in [1.82, 2.24) is 4.98 Å². The SMILES string of the molecule is CC[C@@H](c1cc(F)cc(OC(F)(F)C(F)F)c1)c1ccc(Cl)cn1. The number of halogens is 6. The summed E-state index contributed by atoms with van der Waals surface area (Å²) in [6.07, 6.45) is -6.85. The molecule has 1 atom stereocenters. The highest BCUT2D eigenvalue weighted by Gasteiger charge is 2.44. The van der Waals surface area contributed by atoms with Gasteiger partial charge in [-0.3, -0.25) is 4.98 Å². The molecule has 0 bridgehead atoms. The first-order valence-corrected chi connectivity index (χ1v) is 7.37. The Morgan fingerprint density at radius 1 is 1.21 bits per heavy atom. The number of aromatic nitrogens is 1. The second-order valence-corrected chi connectivity index (χ2v) is 5.48. The Balaban J connectivity index is 2.37. The monoisotopic (exact) mass is 365 g/mol. The highest BCUT2D eigenvalue weighted by Crippen LogP contribution is 2.33. The van der Waals surface area contributed by atoms with Gasteiger partial charge in [0.1, 0.15) is 11.6 Å². The molecule has 0 amide bonds. The minimum absolute atomic E-state index is 0.285. The molecule has 1 aromatic carbocycles. The Bertz CT molecular complexity index is 693. The van der Waals surface area contributed by atoms with Gasteiger partial charge >= 0.3 is 12.5 Å². The van der Waals surface area contributed by atoms with E-state index in [0.29, 0.717) is 23.2 Å². The number of pyridine rings is 1. The molecule has 1 heterocycles. The first-order chi connectivity index (χ1) is 11.2. The summed E-state index contributed by atoms with van der Waals surface area (Å²) in [5.41, 5.74) is 0.825. The molecule has 2 nitrogen and oxygen atoms in total. The van der Waals surface area contributed by atoms with Crippen LogP contribution in [-0.2, 0) is 0 Å². The van der Waals surface area contributed by atoms with Crippen molar-refractivity contribution in [1.29, 1.82) is 0 Å². The van der Waals surface area contributed by atoms with Gasteiger partial charge in [0.05, 0.1) is 5.02 Å². The molecular weight excluding hydrogens is 353 g/mol. The molecule has 2 rings (SSSR count). The number of ether oxygens (including phenoxy) is 1. The van der Waals surface area contributed by atoms with Crippen LogP contribution in [-0.4, -0.2) is 17.5 Å². The van der Waals surface area contributed by atoms with Crippen molar-refractivity contribution in [3.8, 4) is 5.75 Å². The summed E-state index contributed by atoms with van der Waals surface area (Å²) in [5.74, 6) is -1.98. The summed E-state index contributed by atoms with van der Waals surface area (Å²) in [5, 5.41) is 0.411. The Morgan fingerprint density at radius 3 is 2.46 bits per heavy atom. The largest absolute Gasteiger partial charge is 0.461 e. The van der Waals surface area contributed by atoms with Crippen molar-refractivity contribution in [2.24, 2.45) is 0 Å². The van der Waals surface area contributed by atoms with Crippen LogP contribution < -0.4 is 4.74 Å². The Hall–Kier alpha value is -1.89. The highest BCUT2D eigenvalue weighted by molar-refractivity contribution is 6.30. The van der Waals surface area contributed by atoms with E-state index in [4.69, 9.17) is 11.6 Å². The third-order valence-electron chi connectivity index (χ3n) is 3.32. The fraction of sp³-hybridized carbons (Fsp3) is 0.312. The number of alkyl halides is 4. The predicted molar refractivity (Wildman–Crippen MR) is 79.4 cm³/mol. The fourth-order valence-corrected chi connectivity index (χ4v) is 2.37. The van der Waals surface area contributed by atoms with Crippen molar-refractivity contribution < 1.29 is 26.7 Å². The molecule has 0 unspecified atom stereocenters. The zero-order valence-electron chi connectivity index (χ0n) is 12.4. The summed E-state index contributed by atoms with van der Waals surface area (Å²) in [6.45, 7) is 1.79. The molecule has 130 valence electrons. The summed E-state index contributed by atoms with van der Waals surface area (Å²) in [6, 6.07) is 6.06. The number of hydrogen-bond acceptors (Lipinski definition) is 2. The van der Waals surface area contributed by atoms with Gasteiger partial charge in [-0.15, -0.1) is 0 Å². The van der Waals surface area contributed by atoms with E-state index >= 15 is 0 Å². The van der Waals surface area contributed by atoms with Crippen LogP contribution in [0.25, 0.3) is 0 Å². The lowest BCUT2D eigenvalue weighted by atomic mass is 9.92. The minimum atomic E-state index is -4.70. The maximum atomic E-state index is 13.7. The maximum absolute atomic E-state index is 13.7. The molecule has 0 radical (unpaired) electrons. The average molecular weight is 366 g/mol. The third kappa shape index (κ3) is 4.35. The van der Waals surface area contributed by atoms with Crippen LogP contribution in [0.3, 0.4) is 0 Å². The van der Waals surface area contributed by atoms with Crippen molar-refractivity contribution in [2.45, 2.75) is 31.8 Å². The van der Waals surface area contributed by atoms with Gasteiger partial charge in [-0.25, -0.2) is 4.39 Å². The van der Waals surface area contributed by atoms with E-state index < -0.39 is 30.0 Å². The van der Waals surface area contributed by atoms with E-state index in [1.54, 1.807) is 19.1 Å². The normalized spacial score (nSPS) is 13.2. The first kappa shape index (κ1) is 18.4. The zero-order valence-corrected chi connectivity index (χ0v) is 13.2. The Labute approximate surface area is 140 Å². The van der Waals surface area contributed by atoms with Crippen molar-refractivity contribution >= 4 is 11.6 Å². The molecule has 2 aromatic rings. The molecule has 0 N–H and O–H groups in total. The standard InChI is InChI=1S/C16H13ClF5NO/c1-2-13(14-4-3-10(17)8-23-14)9-5-11(18)7-12(6-9)24-16(21,22)15(19)20/h3-8,13,15H,2H2,1H3/t13-/m0/s1. The van der Waals surface area contributed by atoms with Crippen molar-refractivity contribution in [2.75, 3.05) is 0 Å². The number of nitrogens with zero attached hydrogens (tertiary/aromatic N) is 1. The average Bonchev–Trinajstić information content (AvgIpc) is 2.48. The molecule has 24 heavy (non-hydrogen) atoms. The topological polar surface area (TPSA) is 22.1 Å². The van der Waals surface area contributed by atoms with E-state index in [-0.39, 0.29) is 5.56 Å². The summed E-state index contributed by atoms with van der Waals surface area (Å²) in [7, 11) is 0. The van der Waals surface area contributed by atoms with Crippen LogP contribution in [0.1, 0.15) is 30.5 Å². The van der Waals surface area contributed by atoms with Crippen molar-refractivity contribution in [3.63, 3.8) is 0 Å². The smallest absolute Gasteiger partial charge is 0.428 e. The maximum Gasteiger partial charge on any atom is 0.461 e. The van der Waals surface area contributed by atoms with E-state index in [1.807, 2.05) is 0 Å². The van der Waals surface area contributed by atoms with E-state index in [9.17, 15) is 22.0 Å². The number of benzene rings is 1. The molecule has 0 aliphatic heterocycles. The fourth-order valence-electron chi connectivity index (χ4n) is 2.26. The lowest BCUT2D eigenvalue weighted by molar-refractivity contribution is -0.253. The van der Waals surface area contributed by atoms with Gasteiger partial charge in [-0.05, 0) is 36.2 Å². The van der Waals surface area contributed by atoms with Gasteiger partial charge in [0.15, 0.2) is 0 Å². The molecular formula is C16H13ClF5NO. The molecule has 0 fully saturated rings. The van der Waals surface area contributed by atoms with E-state index in [2.05, 4.69) is 9.72 Å². The van der Waals surface area contributed by atoms with E-state index in [0.717, 1.165) is 12.1 Å². The Kier molecular flexibility index (Phi) is 5.64. The third-order valence-corrected chi connectivity index (χ3v) is 3.54. The molecule has 0 saturated carbocycles. The summed E-state index contributed by atoms with van der Waals surface area (Å²) < 4.78 is 68.2. The summed E-state index contributed by atoms with van der Waals surface area (Å²) >= 11 is 5.76. The van der Waals surface area contributed by atoms with Gasteiger partial charge in [-0.2, -0.15) is 17.6 Å². The lowest BCUT2D eigenvalue weighted by Gasteiger charge is -2.19. The van der Waals surface area contributed by atoms with Crippen LogP contribution in [0, 0.1) is 5.82 Å². The quantitative estimate of drug-likeness (QED) is 0.617. The van der Waals surface area contributed by atoms with Crippen LogP contribution >= 0.6 is 11.6 Å². The zero-order chi connectivity index (χ0) is 17.9. The first-order valence-electron chi connectivity index (χ1n) is 7.00. The van der Waals surface area contributed by atoms with Gasteiger partial charge in [0, 0.05) is 23.9 Å². The predicted octanol–water partition coefficient (Wildman–Crippen LogP) is 5.65. The lowest BCUT2D eigenvalue weighted by Crippen LogP contribution is -2.33. The van der Waals surface area contributed by atoms with Crippen LogP contribution in [0.4, 0.5) is 22.0 Å². The summed E-state index contributed by atoms with van der Waals surface area (Å²) in [4.78, 5) is 4.12. The van der Waals surface area contributed by atoms with Crippen LogP contribution in [0.15, 0.2) is 36.5 Å². The Morgan fingerprint density at radius 2 is 1.92 bits per heavy atom. The van der Waals surface area contributed by atoms with Crippen LogP contribution in [0.2, 0.25) is 5.02 Å². The molecule has 0 aliphatic rings. The van der Waals surface area contributed by atoms with Crippen LogP contribution in [0.5, 0.6) is 5.75 Å². The molecule has 0 aliphatic carbocycles. The number of hydrogen-bond donors (Lipinski definition) is 0.